The first-order valence-electron chi connectivity index (χ1n) is 10.7. The van der Waals surface area contributed by atoms with Gasteiger partial charge in [-0.2, -0.15) is 5.10 Å². The fraction of sp³-hybridized carbons (Fsp3) is 0.348. The molecule has 0 unspecified atom stereocenters. The fourth-order valence-corrected chi connectivity index (χ4v) is 5.30. The largest absolute Gasteiger partial charge is 0.366 e. The Labute approximate surface area is 184 Å². The Morgan fingerprint density at radius 3 is 2.81 bits per heavy atom. The highest BCUT2D eigenvalue weighted by atomic mass is 19.1. The minimum absolute atomic E-state index is 0.198. The Bertz CT molecular complexity index is 1400. The first-order valence-corrected chi connectivity index (χ1v) is 10.7. The first kappa shape index (κ1) is 19.2. The lowest BCUT2D eigenvalue weighted by Gasteiger charge is -2.36. The average molecular weight is 433 g/mol. The van der Waals surface area contributed by atoms with E-state index in [1.165, 1.54) is 6.07 Å². The minimum atomic E-state index is -0.485. The van der Waals surface area contributed by atoms with Gasteiger partial charge in [0.25, 0.3) is 5.91 Å². The monoisotopic (exact) mass is 433 g/mol. The van der Waals surface area contributed by atoms with Crippen LogP contribution in [-0.2, 0) is 7.05 Å². The summed E-state index contributed by atoms with van der Waals surface area (Å²) >= 11 is 0. The summed E-state index contributed by atoms with van der Waals surface area (Å²) in [6.45, 7) is 2.75. The van der Waals surface area contributed by atoms with Gasteiger partial charge >= 0.3 is 0 Å². The van der Waals surface area contributed by atoms with Crippen LogP contribution in [0.3, 0.4) is 0 Å². The predicted molar refractivity (Wildman–Crippen MR) is 121 cm³/mol. The summed E-state index contributed by atoms with van der Waals surface area (Å²) in [7, 11) is 3.88. The summed E-state index contributed by atoms with van der Waals surface area (Å²) in [5.74, 6) is -0.811. The topological polar surface area (TPSA) is 79.5 Å². The molecule has 1 saturated carbocycles. The number of benzene rings is 1. The van der Waals surface area contributed by atoms with Gasteiger partial charge in [0, 0.05) is 60.9 Å². The highest BCUT2D eigenvalue weighted by Crippen LogP contribution is 2.48. The maximum absolute atomic E-state index is 14.4. The first-order chi connectivity index (χ1) is 15.4. The number of hydrogen-bond acceptors (Lipinski definition) is 5. The average Bonchev–Trinajstić information content (AvgIpc) is 3.46. The van der Waals surface area contributed by atoms with E-state index in [9.17, 15) is 9.18 Å². The number of hydrogen-bond donors (Lipinski definition) is 2. The second-order valence-electron chi connectivity index (χ2n) is 9.06. The molecule has 2 aliphatic heterocycles. The Hall–Kier alpha value is -3.46. The molecule has 5 heterocycles. The Balaban J connectivity index is 1.35. The molecule has 1 amide bonds. The van der Waals surface area contributed by atoms with Crippen LogP contribution in [0.2, 0.25) is 0 Å². The van der Waals surface area contributed by atoms with Crippen LogP contribution < -0.4 is 15.5 Å². The van der Waals surface area contributed by atoms with Gasteiger partial charge in [-0.15, -0.1) is 0 Å². The van der Waals surface area contributed by atoms with Crippen LogP contribution in [0.5, 0.6) is 0 Å². The molecule has 0 radical (unpaired) electrons. The van der Waals surface area contributed by atoms with E-state index in [-0.39, 0.29) is 17.1 Å². The zero-order valence-corrected chi connectivity index (χ0v) is 18.2. The number of pyridine rings is 1. The number of aromatic nitrogens is 4. The molecule has 8 nitrogen and oxygen atoms in total. The third kappa shape index (κ3) is 2.74. The molecule has 0 spiro atoms. The Morgan fingerprint density at radius 2 is 2.06 bits per heavy atom. The third-order valence-electron chi connectivity index (χ3n) is 6.90. The lowest BCUT2D eigenvalue weighted by Crippen LogP contribution is -2.50. The van der Waals surface area contributed by atoms with E-state index >= 15 is 0 Å². The van der Waals surface area contributed by atoms with Crippen LogP contribution in [0.4, 0.5) is 15.8 Å². The fourth-order valence-electron chi connectivity index (χ4n) is 5.30. The predicted octanol–water partition coefficient (Wildman–Crippen LogP) is 2.86. The number of aryl methyl sites for hydroxylation is 2. The van der Waals surface area contributed by atoms with Crippen molar-refractivity contribution in [3.8, 4) is 0 Å². The van der Waals surface area contributed by atoms with Gasteiger partial charge in [-0.05, 0) is 38.9 Å². The highest BCUT2D eigenvalue weighted by molar-refractivity contribution is 6.14. The number of rotatable bonds is 4. The number of anilines is 2. The molecule has 1 aromatic carbocycles. The molecule has 9 heteroatoms. The molecule has 2 saturated heterocycles. The van der Waals surface area contributed by atoms with Gasteiger partial charge in [-0.3, -0.25) is 9.48 Å². The van der Waals surface area contributed by atoms with E-state index in [2.05, 4.69) is 25.6 Å². The quantitative estimate of drug-likeness (QED) is 0.517. The molecule has 32 heavy (non-hydrogen) atoms. The van der Waals surface area contributed by atoms with Gasteiger partial charge < -0.3 is 19.9 Å². The summed E-state index contributed by atoms with van der Waals surface area (Å²) < 4.78 is 17.8. The number of carbonyl (C=O) groups is 1. The van der Waals surface area contributed by atoms with E-state index in [1.54, 1.807) is 28.4 Å². The number of imidazole rings is 1. The SMILES string of the molecule is CNC12CC(C1)N(c1ccc(C(=O)Nc3cc(F)c4nc(C)cn4c3)c3nn(C)cc13)C2. The molecule has 4 aromatic rings. The summed E-state index contributed by atoms with van der Waals surface area (Å²) in [5.41, 5.74) is 3.71. The second-order valence-corrected chi connectivity index (χ2v) is 9.06. The maximum atomic E-state index is 14.4. The van der Waals surface area contributed by atoms with Gasteiger partial charge in [-0.25, -0.2) is 9.37 Å². The van der Waals surface area contributed by atoms with Crippen LogP contribution in [0.15, 0.2) is 36.8 Å². The van der Waals surface area contributed by atoms with Crippen molar-refractivity contribution in [2.24, 2.45) is 7.05 Å². The molecule has 3 aliphatic rings. The van der Waals surface area contributed by atoms with Gasteiger partial charge in [0.15, 0.2) is 11.5 Å². The molecule has 7 rings (SSSR count). The van der Waals surface area contributed by atoms with E-state index < -0.39 is 5.82 Å². The van der Waals surface area contributed by atoms with Crippen molar-refractivity contribution in [2.45, 2.75) is 31.3 Å². The standard InChI is InChI=1S/C23H24FN7O/c1-13-9-30-10-14(6-18(24)21(30)26-13)27-22(32)16-4-5-19(17-11-29(3)28-20(16)17)31-12-23(25-2)7-15(31)8-23/h4-6,9-11,15,25H,7-8,12H2,1-3H3,(H,27,32). The van der Waals surface area contributed by atoms with E-state index in [0.717, 1.165) is 30.5 Å². The molecular formula is C23H24FN7O. The zero-order chi connectivity index (χ0) is 22.2. The molecule has 3 aromatic heterocycles. The third-order valence-corrected chi connectivity index (χ3v) is 6.90. The van der Waals surface area contributed by atoms with E-state index in [4.69, 9.17) is 0 Å². The molecule has 1 aliphatic carbocycles. The van der Waals surface area contributed by atoms with Crippen LogP contribution >= 0.6 is 0 Å². The summed E-state index contributed by atoms with van der Waals surface area (Å²) in [5, 5.41) is 11.8. The minimum Gasteiger partial charge on any atom is -0.366 e. The highest BCUT2D eigenvalue weighted by Gasteiger charge is 2.54. The van der Waals surface area contributed by atoms with Crippen LogP contribution in [0.25, 0.3) is 16.6 Å². The number of likely N-dealkylation sites (N-methyl/N-ethyl adjacent to an activating group) is 1. The lowest BCUT2D eigenvalue weighted by atomic mass is 9.78. The molecule has 3 fully saturated rings. The molecular weight excluding hydrogens is 409 g/mol. The summed E-state index contributed by atoms with van der Waals surface area (Å²) in [4.78, 5) is 19.7. The van der Waals surface area contributed by atoms with Gasteiger partial charge in [0.05, 0.1) is 16.9 Å². The second kappa shape index (κ2) is 6.52. The number of nitrogens with one attached hydrogen (secondary N) is 2. The number of fused-ring (bicyclic) bond motifs is 3. The van der Waals surface area contributed by atoms with Gasteiger partial charge in [0.1, 0.15) is 5.52 Å². The molecule has 2 bridgehead atoms. The van der Waals surface area contributed by atoms with Crippen molar-refractivity contribution in [3.05, 3.63) is 53.9 Å². The van der Waals surface area contributed by atoms with Gasteiger partial charge in [0.2, 0.25) is 0 Å². The van der Waals surface area contributed by atoms with E-state index in [0.29, 0.717) is 28.5 Å². The van der Waals surface area contributed by atoms with E-state index in [1.807, 2.05) is 32.4 Å². The smallest absolute Gasteiger partial charge is 0.257 e. The summed E-state index contributed by atoms with van der Waals surface area (Å²) in [6, 6.07) is 5.63. The van der Waals surface area contributed by atoms with Crippen molar-refractivity contribution >= 4 is 33.8 Å². The molecule has 164 valence electrons. The Kier molecular flexibility index (Phi) is 3.92. The number of halogens is 1. The molecule has 2 N–H and O–H groups in total. The van der Waals surface area contributed by atoms with Crippen molar-refractivity contribution in [2.75, 3.05) is 23.8 Å². The maximum Gasteiger partial charge on any atom is 0.257 e. The van der Waals surface area contributed by atoms with Crippen molar-refractivity contribution in [3.63, 3.8) is 0 Å². The number of carbonyl (C=O) groups excluding carboxylic acids is 1. The van der Waals surface area contributed by atoms with Crippen LogP contribution in [-0.4, -0.2) is 50.2 Å². The lowest BCUT2D eigenvalue weighted by molar-refractivity contribution is 0.102. The number of amides is 1. The number of nitrogens with zero attached hydrogens (tertiary/aromatic N) is 5. The van der Waals surface area contributed by atoms with Gasteiger partial charge in [-0.1, -0.05) is 0 Å². The molecule has 0 atom stereocenters. The Morgan fingerprint density at radius 1 is 1.25 bits per heavy atom. The zero-order valence-electron chi connectivity index (χ0n) is 18.2. The van der Waals surface area contributed by atoms with Crippen molar-refractivity contribution in [1.82, 2.24) is 24.5 Å². The van der Waals surface area contributed by atoms with Crippen LogP contribution in [0, 0.1) is 12.7 Å². The summed E-state index contributed by atoms with van der Waals surface area (Å²) in [6.07, 6.45) is 7.61. The van der Waals surface area contributed by atoms with Crippen molar-refractivity contribution < 1.29 is 9.18 Å². The van der Waals surface area contributed by atoms with Crippen LogP contribution in [0.1, 0.15) is 28.9 Å². The van der Waals surface area contributed by atoms with Crippen molar-refractivity contribution in [1.29, 1.82) is 0 Å². The normalized spacial score (nSPS) is 22.0.